The summed E-state index contributed by atoms with van der Waals surface area (Å²) in [6, 6.07) is 14.5. The highest BCUT2D eigenvalue weighted by Gasteiger charge is 2.48. The van der Waals surface area contributed by atoms with Crippen LogP contribution in [0.2, 0.25) is 0 Å². The monoisotopic (exact) mass is 272 g/mol. The van der Waals surface area contributed by atoms with Gasteiger partial charge in [0, 0.05) is 0 Å². The minimum Gasteiger partial charge on any atom is -0.439 e. The predicted octanol–water partition coefficient (Wildman–Crippen LogP) is 2.66. The summed E-state index contributed by atoms with van der Waals surface area (Å²) in [5.41, 5.74) is 2.27. The highest BCUT2D eigenvalue weighted by Crippen LogP contribution is 2.28. The van der Waals surface area contributed by atoms with E-state index in [1.807, 2.05) is 24.3 Å². The zero-order valence-electron chi connectivity index (χ0n) is 11.5. The first-order valence-electron chi connectivity index (χ1n) is 6.64. The summed E-state index contributed by atoms with van der Waals surface area (Å²) >= 11 is 7.14. The van der Waals surface area contributed by atoms with Gasteiger partial charge < -0.3 is 8.96 Å². The fourth-order valence-electron chi connectivity index (χ4n) is 2.93. The van der Waals surface area contributed by atoms with E-state index in [-0.39, 0.29) is 5.54 Å². The number of fused-ring (bicyclic) bond motifs is 1. The van der Waals surface area contributed by atoms with Gasteiger partial charge >= 0.3 is 5.83 Å². The van der Waals surface area contributed by atoms with Crippen molar-refractivity contribution in [3.05, 3.63) is 54.4 Å². The maximum absolute atomic E-state index is 7.14. The van der Waals surface area contributed by atoms with Gasteiger partial charge in [0.1, 0.15) is 11.8 Å². The first kappa shape index (κ1) is 12.6. The van der Waals surface area contributed by atoms with Crippen LogP contribution in [0.3, 0.4) is 0 Å². The molecule has 0 bridgehead atoms. The first-order chi connectivity index (χ1) is 8.94. The topological polar surface area (TPSA) is 7.94 Å². The van der Waals surface area contributed by atoms with Gasteiger partial charge in [0.05, 0.1) is 5.69 Å². The molecular weight excluding hydrogens is 254 g/mol. The molecule has 0 spiro atoms. The smallest absolute Gasteiger partial charge is 0.439 e. The molecule has 0 radical (unpaired) electrons. The molecule has 0 unspecified atom stereocenters. The molecule has 0 saturated carbocycles. The zero-order valence-corrected chi connectivity index (χ0v) is 12.3. The molecule has 1 aliphatic heterocycles. The lowest BCUT2D eigenvalue weighted by molar-refractivity contribution is -0.471. The van der Waals surface area contributed by atoms with Gasteiger partial charge in [0.2, 0.25) is 0 Å². The van der Waals surface area contributed by atoms with Gasteiger partial charge in [-0.05, 0) is 39.1 Å². The van der Waals surface area contributed by atoms with E-state index in [0.717, 1.165) is 11.2 Å². The fraction of sp³-hybridized carbons (Fsp3) is 0.267. The van der Waals surface area contributed by atoms with Gasteiger partial charge in [0.25, 0.3) is 0 Å². The Morgan fingerprint density at radius 1 is 1.05 bits per heavy atom. The van der Waals surface area contributed by atoms with Crippen molar-refractivity contribution in [2.24, 2.45) is 0 Å². The molecule has 19 heavy (non-hydrogen) atoms. The number of nitrogens with zero attached hydrogens (tertiary/aromatic N) is 2. The molecule has 0 aliphatic carbocycles. The number of hydrogen-bond acceptors (Lipinski definition) is 0. The summed E-state index contributed by atoms with van der Waals surface area (Å²) in [5.74, 6) is -1.47. The van der Waals surface area contributed by atoms with Crippen LogP contribution in [0.1, 0.15) is 26.5 Å². The van der Waals surface area contributed by atoms with E-state index in [2.05, 4.69) is 60.3 Å². The lowest BCUT2D eigenvalue weighted by Crippen LogP contribution is -2.61. The number of benzene rings is 1. The Morgan fingerprint density at radius 3 is 2.37 bits per heavy atom. The van der Waals surface area contributed by atoms with Crippen LogP contribution in [0.25, 0.3) is 0 Å². The Kier molecular flexibility index (Phi) is 2.65. The Morgan fingerprint density at radius 2 is 1.74 bits per heavy atom. The molecule has 1 aromatic carbocycles. The highest BCUT2D eigenvalue weighted by atomic mass is 35.5. The molecule has 3 rings (SSSR count). The normalized spacial score (nSPS) is 22.2. The number of hydrogen-bond donors (Lipinski definition) is 0. The molecule has 0 saturated heterocycles. The van der Waals surface area contributed by atoms with Crippen molar-refractivity contribution in [2.75, 3.05) is 0 Å². The summed E-state index contributed by atoms with van der Waals surface area (Å²) in [7, 11) is 0. The summed E-state index contributed by atoms with van der Waals surface area (Å²) in [6.07, 6.45) is 4.23. The summed E-state index contributed by atoms with van der Waals surface area (Å²) in [6.45, 7) is 6.58. The van der Waals surface area contributed by atoms with E-state index in [1.165, 1.54) is 0 Å². The van der Waals surface area contributed by atoms with E-state index in [4.69, 9.17) is 11.5 Å². The second kappa shape index (κ2) is 4.01. The third-order valence-corrected chi connectivity index (χ3v) is 4.49. The van der Waals surface area contributed by atoms with Crippen LogP contribution >= 0.6 is 11.5 Å². The van der Waals surface area contributed by atoms with Crippen LogP contribution in [-0.2, 0) is 0 Å². The van der Waals surface area contributed by atoms with Crippen molar-refractivity contribution in [2.45, 2.75) is 26.3 Å². The van der Waals surface area contributed by atoms with Gasteiger partial charge in [-0.25, -0.2) is 0 Å². The van der Waals surface area contributed by atoms with Gasteiger partial charge in [0.15, 0.2) is 0 Å². The molecule has 1 aliphatic rings. The van der Waals surface area contributed by atoms with Gasteiger partial charge in [-0.15, -0.1) is 0 Å². The van der Waals surface area contributed by atoms with E-state index in [9.17, 15) is 0 Å². The Hall–Kier alpha value is -1.48. The number of rotatable bonds is 1. The molecule has 0 amide bonds. The van der Waals surface area contributed by atoms with E-state index in [1.54, 1.807) is 0 Å². The molecule has 0 fully saturated rings. The summed E-state index contributed by atoms with van der Waals surface area (Å²) in [5, 5.41) is 0. The molecule has 4 heteroatoms. The average Bonchev–Trinajstić information content (AvgIpc) is 2.92. The zero-order chi connectivity index (χ0) is 13.7. The van der Waals surface area contributed by atoms with Crippen molar-refractivity contribution < 1.29 is 4.49 Å². The molecule has 2 heterocycles. The van der Waals surface area contributed by atoms with Crippen LogP contribution in [0, 0.1) is 0 Å². The maximum atomic E-state index is 7.14. The molecule has 2 nitrogen and oxygen atoms in total. The largest absolute Gasteiger partial charge is 0.488 e. The molecule has 98 valence electrons. The second-order valence-corrected chi connectivity index (χ2v) is 6.74. The van der Waals surface area contributed by atoms with Crippen molar-refractivity contribution >= 4 is 29.0 Å². The summed E-state index contributed by atoms with van der Waals surface area (Å²) in [4.78, 5) is 0. The minimum atomic E-state index is -1.47. The van der Waals surface area contributed by atoms with Crippen LogP contribution in [0.15, 0.2) is 48.7 Å². The van der Waals surface area contributed by atoms with Crippen LogP contribution in [0.5, 0.6) is 0 Å². The van der Waals surface area contributed by atoms with E-state index >= 15 is 0 Å². The lowest BCUT2D eigenvalue weighted by atomic mass is 9.63. The first-order valence-corrected chi connectivity index (χ1v) is 7.08. The van der Waals surface area contributed by atoms with Crippen molar-refractivity contribution in [3.8, 4) is 0 Å². The van der Waals surface area contributed by atoms with Crippen molar-refractivity contribution in [1.82, 2.24) is 4.48 Å². The quantitative estimate of drug-likeness (QED) is 0.705. The lowest BCUT2D eigenvalue weighted by Gasteiger charge is -2.36. The molecule has 1 aromatic heterocycles. The second-order valence-electron chi connectivity index (χ2n) is 6.14. The Bertz CT molecular complexity index is 640. The van der Waals surface area contributed by atoms with Crippen LogP contribution in [0.4, 0.5) is 0 Å². The van der Waals surface area contributed by atoms with E-state index < -0.39 is 5.83 Å². The molecule has 0 N–H and O–H groups in total. The minimum absolute atomic E-state index is 0.0311. The van der Waals surface area contributed by atoms with Crippen LogP contribution in [-0.4, -0.2) is 26.5 Å². The van der Waals surface area contributed by atoms with Crippen molar-refractivity contribution in [3.63, 3.8) is 0 Å². The SMILES string of the molecule is CC(C)(C)[N+]1=Cc2cccn2[B@@-]1(Cl)c1ccccc1. The van der Waals surface area contributed by atoms with Crippen molar-refractivity contribution in [1.29, 1.82) is 0 Å². The molecule has 1 atom stereocenters. The van der Waals surface area contributed by atoms with Gasteiger partial charge in [-0.1, -0.05) is 35.8 Å². The third kappa shape index (κ3) is 1.76. The number of aromatic nitrogens is 1. The van der Waals surface area contributed by atoms with Crippen LogP contribution < -0.4 is 5.46 Å². The van der Waals surface area contributed by atoms with Gasteiger partial charge in [-0.2, -0.15) is 0 Å². The number of halogens is 1. The standard InChI is InChI=1S/C15H18BClN2/c1-15(2,3)19-12-14-10-7-11-18(14)16(19,17)13-8-5-4-6-9-13/h4-12H,1-3H3/t16-/m0/s1. The average molecular weight is 273 g/mol. The highest BCUT2D eigenvalue weighted by molar-refractivity contribution is 7.22. The fourth-order valence-corrected chi connectivity index (χ4v) is 3.60. The third-order valence-electron chi connectivity index (χ3n) is 3.82. The Balaban J connectivity index is 2.26. The predicted molar refractivity (Wildman–Crippen MR) is 82.7 cm³/mol. The van der Waals surface area contributed by atoms with Gasteiger partial charge in [-0.3, -0.25) is 11.5 Å². The maximum Gasteiger partial charge on any atom is 0.488 e. The molecule has 2 aromatic rings. The summed E-state index contributed by atoms with van der Waals surface area (Å²) < 4.78 is 4.46. The molecular formula is C15H18BClN2. The Labute approximate surface area is 119 Å². The van der Waals surface area contributed by atoms with E-state index in [0.29, 0.717) is 0 Å².